The molecule has 5 heteroatoms. The van der Waals surface area contributed by atoms with E-state index in [9.17, 15) is 0 Å². The summed E-state index contributed by atoms with van der Waals surface area (Å²) >= 11 is 6.44. The minimum atomic E-state index is 0.438. The van der Waals surface area contributed by atoms with Crippen LogP contribution in [0.25, 0.3) is 0 Å². The fraction of sp³-hybridized carbons (Fsp3) is 0.812. The van der Waals surface area contributed by atoms with Crippen molar-refractivity contribution in [2.75, 3.05) is 6.54 Å². The second-order valence-electron chi connectivity index (χ2n) is 6.51. The summed E-state index contributed by atoms with van der Waals surface area (Å²) in [6, 6.07) is 0.438. The highest BCUT2D eigenvalue weighted by atomic mass is 35.5. The summed E-state index contributed by atoms with van der Waals surface area (Å²) in [6.07, 6.45) is 6.68. The van der Waals surface area contributed by atoms with Crippen LogP contribution in [-0.4, -0.2) is 34.6 Å². The van der Waals surface area contributed by atoms with E-state index in [1.54, 1.807) is 0 Å². The molecule has 4 nitrogen and oxygen atoms in total. The van der Waals surface area contributed by atoms with Gasteiger partial charge in [0.1, 0.15) is 0 Å². The molecule has 4 atom stereocenters. The Balaban J connectivity index is 1.76. The highest BCUT2D eigenvalue weighted by Gasteiger charge is 2.44. The number of nitrogens with one attached hydrogen (secondary N) is 1. The summed E-state index contributed by atoms with van der Waals surface area (Å²) in [5, 5.41) is 9.00. The third-order valence-corrected chi connectivity index (χ3v) is 5.49. The maximum Gasteiger partial charge on any atom is 0.0847 e. The van der Waals surface area contributed by atoms with Crippen LogP contribution in [-0.2, 0) is 18.2 Å². The van der Waals surface area contributed by atoms with Gasteiger partial charge in [-0.05, 0) is 39.2 Å². The van der Waals surface area contributed by atoms with Gasteiger partial charge in [0.05, 0.1) is 28.6 Å². The van der Waals surface area contributed by atoms with E-state index < -0.39 is 0 Å². The van der Waals surface area contributed by atoms with E-state index in [-0.39, 0.29) is 0 Å². The second-order valence-corrected chi connectivity index (χ2v) is 6.89. The molecule has 2 aliphatic rings. The normalized spacial score (nSPS) is 29.2. The number of nitrogens with zero attached hydrogens (tertiary/aromatic N) is 2. The monoisotopic (exact) mass is 311 g/mol. The molecule has 4 unspecified atom stereocenters. The Morgan fingerprint density at radius 1 is 1.48 bits per heavy atom. The zero-order chi connectivity index (χ0) is 15.0. The largest absolute Gasteiger partial charge is 0.375 e. The molecule has 1 aromatic heterocycles. The Bertz CT molecular complexity index is 502. The first-order chi connectivity index (χ1) is 10.1. The van der Waals surface area contributed by atoms with Crippen molar-refractivity contribution in [2.45, 2.75) is 64.2 Å². The molecular formula is C16H26ClN3O. The molecule has 2 bridgehead atoms. The van der Waals surface area contributed by atoms with Crippen LogP contribution in [0.1, 0.15) is 44.0 Å². The van der Waals surface area contributed by atoms with Gasteiger partial charge in [0.2, 0.25) is 0 Å². The second kappa shape index (κ2) is 6.27. The molecule has 0 radical (unpaired) electrons. The SMILES string of the molecule is CCCNC(Cc1c(Cl)c(C)nn1C)C1CC2CCC1O2. The number of halogens is 1. The first-order valence-corrected chi connectivity index (χ1v) is 8.54. The molecule has 1 aromatic rings. The van der Waals surface area contributed by atoms with Crippen molar-refractivity contribution < 1.29 is 4.74 Å². The van der Waals surface area contributed by atoms with Crippen LogP contribution in [0.5, 0.6) is 0 Å². The van der Waals surface area contributed by atoms with Crippen molar-refractivity contribution >= 4 is 11.6 Å². The lowest BCUT2D eigenvalue weighted by atomic mass is 9.82. The standard InChI is InChI=1S/C16H26ClN3O/c1-4-7-18-13(12-8-11-5-6-15(12)21-11)9-14-16(17)10(2)19-20(14)3/h11-13,15,18H,4-9H2,1-3H3. The summed E-state index contributed by atoms with van der Waals surface area (Å²) in [5.41, 5.74) is 2.07. The van der Waals surface area contributed by atoms with Crippen LogP contribution in [0.4, 0.5) is 0 Å². The molecule has 3 heterocycles. The van der Waals surface area contributed by atoms with Crippen molar-refractivity contribution in [3.63, 3.8) is 0 Å². The van der Waals surface area contributed by atoms with Gasteiger partial charge in [-0.1, -0.05) is 18.5 Å². The Morgan fingerprint density at radius 2 is 2.29 bits per heavy atom. The fourth-order valence-electron chi connectivity index (χ4n) is 3.92. The predicted octanol–water partition coefficient (Wildman–Crippen LogP) is 2.86. The van der Waals surface area contributed by atoms with E-state index in [1.807, 2.05) is 18.7 Å². The number of rotatable bonds is 6. The van der Waals surface area contributed by atoms with Crippen LogP contribution in [0.15, 0.2) is 0 Å². The molecule has 3 rings (SSSR count). The number of hydrogen-bond acceptors (Lipinski definition) is 3. The van der Waals surface area contributed by atoms with Crippen molar-refractivity contribution in [1.82, 2.24) is 15.1 Å². The van der Waals surface area contributed by atoms with Crippen LogP contribution in [0, 0.1) is 12.8 Å². The number of aromatic nitrogens is 2. The molecule has 0 amide bonds. The van der Waals surface area contributed by atoms with Crippen LogP contribution in [0.3, 0.4) is 0 Å². The first kappa shape index (κ1) is 15.3. The summed E-state index contributed by atoms with van der Waals surface area (Å²) in [4.78, 5) is 0. The summed E-state index contributed by atoms with van der Waals surface area (Å²) in [7, 11) is 1.99. The molecule has 1 N–H and O–H groups in total. The Hall–Kier alpha value is -0.580. The van der Waals surface area contributed by atoms with Crippen molar-refractivity contribution in [1.29, 1.82) is 0 Å². The molecule has 21 heavy (non-hydrogen) atoms. The van der Waals surface area contributed by atoms with Crippen LogP contribution < -0.4 is 5.32 Å². The van der Waals surface area contributed by atoms with E-state index in [0.29, 0.717) is 24.2 Å². The topological polar surface area (TPSA) is 39.1 Å². The Kier molecular flexibility index (Phi) is 4.57. The lowest BCUT2D eigenvalue weighted by Crippen LogP contribution is -2.43. The van der Waals surface area contributed by atoms with Gasteiger partial charge < -0.3 is 10.1 Å². The molecule has 2 saturated heterocycles. The predicted molar refractivity (Wildman–Crippen MR) is 84.7 cm³/mol. The third-order valence-electron chi connectivity index (χ3n) is 5.00. The maximum atomic E-state index is 6.44. The quantitative estimate of drug-likeness (QED) is 0.878. The van der Waals surface area contributed by atoms with Gasteiger partial charge in [-0.25, -0.2) is 0 Å². The maximum absolute atomic E-state index is 6.44. The summed E-state index contributed by atoms with van der Waals surface area (Å²) < 4.78 is 7.99. The fourth-order valence-corrected chi connectivity index (χ4v) is 4.15. The van der Waals surface area contributed by atoms with Gasteiger partial charge >= 0.3 is 0 Å². The van der Waals surface area contributed by atoms with Gasteiger partial charge in [-0.3, -0.25) is 4.68 Å². The minimum Gasteiger partial charge on any atom is -0.375 e. The van der Waals surface area contributed by atoms with Crippen LogP contribution >= 0.6 is 11.6 Å². The molecule has 0 aromatic carbocycles. The van der Waals surface area contributed by atoms with E-state index >= 15 is 0 Å². The van der Waals surface area contributed by atoms with Crippen molar-refractivity contribution in [3.05, 3.63) is 16.4 Å². The number of fused-ring (bicyclic) bond motifs is 2. The number of ether oxygens (including phenoxy) is 1. The smallest absolute Gasteiger partial charge is 0.0847 e. The Morgan fingerprint density at radius 3 is 2.81 bits per heavy atom. The number of aryl methyl sites for hydroxylation is 2. The van der Waals surface area contributed by atoms with Gasteiger partial charge in [0.25, 0.3) is 0 Å². The zero-order valence-electron chi connectivity index (χ0n) is 13.2. The van der Waals surface area contributed by atoms with E-state index in [2.05, 4.69) is 17.3 Å². The van der Waals surface area contributed by atoms with Gasteiger partial charge in [0, 0.05) is 25.4 Å². The molecule has 118 valence electrons. The molecular weight excluding hydrogens is 286 g/mol. The third kappa shape index (κ3) is 2.99. The van der Waals surface area contributed by atoms with Gasteiger partial charge in [-0.2, -0.15) is 5.10 Å². The first-order valence-electron chi connectivity index (χ1n) is 8.17. The van der Waals surface area contributed by atoms with E-state index in [1.165, 1.54) is 19.3 Å². The van der Waals surface area contributed by atoms with Crippen molar-refractivity contribution in [2.24, 2.45) is 13.0 Å². The minimum absolute atomic E-state index is 0.438. The highest BCUT2D eigenvalue weighted by molar-refractivity contribution is 6.31. The average molecular weight is 312 g/mol. The summed E-state index contributed by atoms with van der Waals surface area (Å²) in [6.45, 7) is 5.23. The van der Waals surface area contributed by atoms with E-state index in [0.717, 1.165) is 35.8 Å². The molecule has 2 aliphatic heterocycles. The van der Waals surface area contributed by atoms with E-state index in [4.69, 9.17) is 16.3 Å². The zero-order valence-corrected chi connectivity index (χ0v) is 14.0. The lowest BCUT2D eigenvalue weighted by Gasteiger charge is -2.29. The average Bonchev–Trinajstić information content (AvgIpc) is 3.14. The summed E-state index contributed by atoms with van der Waals surface area (Å²) in [5.74, 6) is 0.613. The molecule has 2 fully saturated rings. The van der Waals surface area contributed by atoms with Gasteiger partial charge in [0.15, 0.2) is 0 Å². The van der Waals surface area contributed by atoms with Crippen LogP contribution in [0.2, 0.25) is 5.02 Å². The molecule has 0 aliphatic carbocycles. The Labute approximate surface area is 132 Å². The number of hydrogen-bond donors (Lipinski definition) is 1. The molecule has 0 saturated carbocycles. The van der Waals surface area contributed by atoms with Gasteiger partial charge in [-0.15, -0.1) is 0 Å². The lowest BCUT2D eigenvalue weighted by molar-refractivity contribution is 0.0855. The van der Waals surface area contributed by atoms with Crippen molar-refractivity contribution in [3.8, 4) is 0 Å². The highest BCUT2D eigenvalue weighted by Crippen LogP contribution is 2.41. The molecule has 0 spiro atoms.